The smallest absolute Gasteiger partial charge is 0.185 e. The molecule has 0 unspecified atom stereocenters. The molecule has 1 aliphatic rings. The van der Waals surface area contributed by atoms with Gasteiger partial charge in [0.25, 0.3) is 0 Å². The molecule has 1 aromatic rings. The SMILES string of the molecule is CCc1nc(N(CC(C)C)CC(C)C)sc1CNC1CC1. The Hall–Kier alpha value is -0.610. The molecule has 1 heterocycles. The molecule has 0 saturated heterocycles. The van der Waals surface area contributed by atoms with Gasteiger partial charge < -0.3 is 10.2 Å². The van der Waals surface area contributed by atoms with Crippen LogP contribution in [0.25, 0.3) is 0 Å². The van der Waals surface area contributed by atoms with Crippen LogP contribution in [0.1, 0.15) is 58.0 Å². The van der Waals surface area contributed by atoms with Gasteiger partial charge >= 0.3 is 0 Å². The molecule has 0 aromatic carbocycles. The number of rotatable bonds is 9. The van der Waals surface area contributed by atoms with Gasteiger partial charge in [0.2, 0.25) is 0 Å². The third kappa shape index (κ3) is 5.26. The van der Waals surface area contributed by atoms with Crippen LogP contribution in [0.2, 0.25) is 0 Å². The topological polar surface area (TPSA) is 28.2 Å². The quantitative estimate of drug-likeness (QED) is 0.745. The summed E-state index contributed by atoms with van der Waals surface area (Å²) in [5.74, 6) is 1.34. The summed E-state index contributed by atoms with van der Waals surface area (Å²) in [5, 5.41) is 4.86. The van der Waals surface area contributed by atoms with Crippen molar-refractivity contribution in [2.75, 3.05) is 18.0 Å². The lowest BCUT2D eigenvalue weighted by Crippen LogP contribution is -2.31. The molecule has 3 nitrogen and oxygen atoms in total. The summed E-state index contributed by atoms with van der Waals surface area (Å²) in [6.45, 7) is 14.6. The molecule has 0 amide bonds. The van der Waals surface area contributed by atoms with Crippen LogP contribution >= 0.6 is 11.3 Å². The van der Waals surface area contributed by atoms with Gasteiger partial charge in [-0.25, -0.2) is 4.98 Å². The molecule has 21 heavy (non-hydrogen) atoms. The standard InChI is InChI=1S/C17H31N3S/c1-6-15-16(9-18-14-7-8-14)21-17(19-15)20(10-12(2)3)11-13(4)5/h12-14,18H,6-11H2,1-5H3. The summed E-state index contributed by atoms with van der Waals surface area (Å²) in [6.07, 6.45) is 3.73. The minimum atomic E-state index is 0.672. The average molecular weight is 310 g/mol. The molecule has 4 heteroatoms. The van der Waals surface area contributed by atoms with Gasteiger partial charge in [-0.05, 0) is 31.1 Å². The molecule has 2 rings (SSSR count). The number of anilines is 1. The fourth-order valence-electron chi connectivity index (χ4n) is 2.56. The zero-order chi connectivity index (χ0) is 15.4. The molecule has 0 bridgehead atoms. The van der Waals surface area contributed by atoms with Crippen LogP contribution in [0.5, 0.6) is 0 Å². The van der Waals surface area contributed by atoms with E-state index in [-0.39, 0.29) is 0 Å². The zero-order valence-electron chi connectivity index (χ0n) is 14.3. The second-order valence-corrected chi connectivity index (χ2v) is 8.13. The third-order valence-electron chi connectivity index (χ3n) is 3.67. The maximum Gasteiger partial charge on any atom is 0.185 e. The maximum atomic E-state index is 4.94. The lowest BCUT2D eigenvalue weighted by atomic mass is 10.1. The van der Waals surface area contributed by atoms with Crippen molar-refractivity contribution in [1.82, 2.24) is 10.3 Å². The van der Waals surface area contributed by atoms with Gasteiger partial charge in [-0.3, -0.25) is 0 Å². The maximum absolute atomic E-state index is 4.94. The van der Waals surface area contributed by atoms with Crippen molar-refractivity contribution in [3.8, 4) is 0 Å². The Labute approximate surface area is 134 Å². The second-order valence-electron chi connectivity index (χ2n) is 7.07. The van der Waals surface area contributed by atoms with Crippen molar-refractivity contribution < 1.29 is 0 Å². The van der Waals surface area contributed by atoms with Gasteiger partial charge in [-0.2, -0.15) is 0 Å². The molecule has 0 radical (unpaired) electrons. The van der Waals surface area contributed by atoms with Crippen molar-refractivity contribution in [1.29, 1.82) is 0 Å². The van der Waals surface area contributed by atoms with E-state index in [1.807, 2.05) is 11.3 Å². The van der Waals surface area contributed by atoms with Crippen LogP contribution in [-0.2, 0) is 13.0 Å². The highest BCUT2D eigenvalue weighted by molar-refractivity contribution is 7.15. The summed E-state index contributed by atoms with van der Waals surface area (Å²) >= 11 is 1.90. The number of aryl methyl sites for hydroxylation is 1. The first-order valence-corrected chi connectivity index (χ1v) is 9.28. The monoisotopic (exact) mass is 309 g/mol. The summed E-state index contributed by atoms with van der Waals surface area (Å²) in [6, 6.07) is 0.766. The first kappa shape index (κ1) is 16.8. The number of nitrogens with zero attached hydrogens (tertiary/aromatic N) is 2. The van der Waals surface area contributed by atoms with Gasteiger partial charge in [0.15, 0.2) is 5.13 Å². The van der Waals surface area contributed by atoms with E-state index < -0.39 is 0 Å². The van der Waals surface area contributed by atoms with Gasteiger partial charge in [-0.1, -0.05) is 34.6 Å². The first-order valence-electron chi connectivity index (χ1n) is 8.46. The van der Waals surface area contributed by atoms with Crippen molar-refractivity contribution in [2.45, 2.75) is 66.5 Å². The van der Waals surface area contributed by atoms with E-state index in [4.69, 9.17) is 4.98 Å². The molecule has 1 aliphatic carbocycles. The Balaban J connectivity index is 2.10. The normalized spacial score (nSPS) is 15.2. The fraction of sp³-hybridized carbons (Fsp3) is 0.824. The molecule has 0 atom stereocenters. The van der Waals surface area contributed by atoms with Crippen LogP contribution < -0.4 is 10.2 Å². The van der Waals surface area contributed by atoms with Crippen LogP contribution in [0.15, 0.2) is 0 Å². The molecule has 1 saturated carbocycles. The van der Waals surface area contributed by atoms with E-state index in [2.05, 4.69) is 44.8 Å². The van der Waals surface area contributed by atoms with Gasteiger partial charge in [0.1, 0.15) is 0 Å². The van der Waals surface area contributed by atoms with Gasteiger partial charge in [-0.15, -0.1) is 11.3 Å². The largest absolute Gasteiger partial charge is 0.348 e. The summed E-state index contributed by atoms with van der Waals surface area (Å²) in [7, 11) is 0. The van der Waals surface area contributed by atoms with Gasteiger partial charge in [0.05, 0.1) is 5.69 Å². The van der Waals surface area contributed by atoms with E-state index in [0.29, 0.717) is 11.8 Å². The highest BCUT2D eigenvalue weighted by Gasteiger charge is 2.22. The van der Waals surface area contributed by atoms with E-state index in [0.717, 1.165) is 32.1 Å². The Morgan fingerprint density at radius 1 is 1.19 bits per heavy atom. The van der Waals surface area contributed by atoms with Crippen LogP contribution in [-0.4, -0.2) is 24.1 Å². The predicted molar refractivity (Wildman–Crippen MR) is 93.2 cm³/mol. The first-order chi connectivity index (χ1) is 9.99. The highest BCUT2D eigenvalue weighted by Crippen LogP contribution is 2.29. The molecular weight excluding hydrogens is 278 g/mol. The van der Waals surface area contributed by atoms with Crippen LogP contribution in [0, 0.1) is 11.8 Å². The van der Waals surface area contributed by atoms with E-state index >= 15 is 0 Å². The van der Waals surface area contributed by atoms with E-state index in [1.54, 1.807) is 0 Å². The average Bonchev–Trinajstić information content (AvgIpc) is 3.13. The molecule has 0 aliphatic heterocycles. The number of nitrogens with one attached hydrogen (secondary N) is 1. The Kier molecular flexibility index (Phi) is 6.06. The molecule has 1 aromatic heterocycles. The second kappa shape index (κ2) is 7.59. The predicted octanol–water partition coefficient (Wildman–Crippen LogP) is 4.08. The van der Waals surface area contributed by atoms with Crippen molar-refractivity contribution in [3.63, 3.8) is 0 Å². The number of hydrogen-bond donors (Lipinski definition) is 1. The molecule has 1 N–H and O–H groups in total. The molecule has 0 spiro atoms. The summed E-state index contributed by atoms with van der Waals surface area (Å²) in [4.78, 5) is 8.87. The zero-order valence-corrected chi connectivity index (χ0v) is 15.1. The lowest BCUT2D eigenvalue weighted by Gasteiger charge is -2.25. The van der Waals surface area contributed by atoms with Crippen LogP contribution in [0.4, 0.5) is 5.13 Å². The van der Waals surface area contributed by atoms with Crippen LogP contribution in [0.3, 0.4) is 0 Å². The Bertz CT molecular complexity index is 425. The van der Waals surface area contributed by atoms with Gasteiger partial charge in [0, 0.05) is 30.6 Å². The number of thiazole rings is 1. The summed E-state index contributed by atoms with van der Waals surface area (Å²) in [5.41, 5.74) is 1.29. The Morgan fingerprint density at radius 2 is 1.81 bits per heavy atom. The molecule has 1 fully saturated rings. The number of hydrogen-bond acceptors (Lipinski definition) is 4. The lowest BCUT2D eigenvalue weighted by molar-refractivity contribution is 0.551. The Morgan fingerprint density at radius 3 is 2.29 bits per heavy atom. The number of aromatic nitrogens is 1. The fourth-order valence-corrected chi connectivity index (χ4v) is 3.67. The minimum absolute atomic E-state index is 0.672. The van der Waals surface area contributed by atoms with E-state index in [9.17, 15) is 0 Å². The van der Waals surface area contributed by atoms with E-state index in [1.165, 1.54) is 28.5 Å². The molecule has 120 valence electrons. The summed E-state index contributed by atoms with van der Waals surface area (Å²) < 4.78 is 0. The minimum Gasteiger partial charge on any atom is -0.348 e. The van der Waals surface area contributed by atoms with Crippen molar-refractivity contribution in [3.05, 3.63) is 10.6 Å². The van der Waals surface area contributed by atoms with Crippen molar-refractivity contribution in [2.24, 2.45) is 11.8 Å². The molecular formula is C17H31N3S. The van der Waals surface area contributed by atoms with Crippen molar-refractivity contribution >= 4 is 16.5 Å². The highest BCUT2D eigenvalue weighted by atomic mass is 32.1. The third-order valence-corrected chi connectivity index (χ3v) is 4.83.